The van der Waals surface area contributed by atoms with Crippen molar-refractivity contribution < 1.29 is 17.9 Å². The molecule has 3 aromatic carbocycles. The summed E-state index contributed by atoms with van der Waals surface area (Å²) in [6.45, 7) is 2.16. The molecule has 150 valence electrons. The van der Waals surface area contributed by atoms with Crippen LogP contribution in [0, 0.1) is 6.92 Å². The third kappa shape index (κ3) is 3.91. The molecule has 0 spiro atoms. The highest BCUT2D eigenvalue weighted by Gasteiger charge is 2.35. The quantitative estimate of drug-likeness (QED) is 0.718. The largest absolute Gasteiger partial charge is 0.476 e. The second-order valence-electron chi connectivity index (χ2n) is 7.23. The number of benzene rings is 3. The number of ether oxygens (including phenoxy) is 1. The van der Waals surface area contributed by atoms with E-state index >= 15 is 0 Å². The number of aryl methyl sites for hydroxylation is 1. The predicted molar refractivity (Wildman–Crippen MR) is 114 cm³/mol. The first-order valence-corrected chi connectivity index (χ1v) is 11.2. The molecule has 1 aliphatic rings. The van der Waals surface area contributed by atoms with Gasteiger partial charge >= 0.3 is 0 Å². The van der Waals surface area contributed by atoms with Gasteiger partial charge in [0.05, 0.1) is 18.5 Å². The maximum Gasteiger partial charge on any atom is 0.263 e. The van der Waals surface area contributed by atoms with Crippen LogP contribution in [0.25, 0.3) is 10.8 Å². The number of nitrogens with one attached hydrogen (secondary N) is 1. The second kappa shape index (κ2) is 7.40. The Labute approximate surface area is 170 Å². The first kappa shape index (κ1) is 19.3. The Balaban J connectivity index is 1.56. The third-order valence-corrected chi connectivity index (χ3v) is 6.16. The standard InChI is InChI=1S/C22H22N2O4S/c1-15-10-11-19-20(12-15)28-21(14-24(19)29(2,26)27)22(25)23-13-17-8-5-7-16-6-3-4-9-18(16)17/h3-12,21H,13-14H2,1-2H3,(H,23,25). The van der Waals surface area contributed by atoms with Gasteiger partial charge in [0.25, 0.3) is 5.91 Å². The minimum Gasteiger partial charge on any atom is -0.476 e. The molecular weight excluding hydrogens is 388 g/mol. The molecule has 0 bridgehead atoms. The van der Waals surface area contributed by atoms with E-state index in [1.165, 1.54) is 4.31 Å². The zero-order valence-corrected chi connectivity index (χ0v) is 17.1. The number of sulfonamides is 1. The van der Waals surface area contributed by atoms with Gasteiger partial charge in [0.1, 0.15) is 5.75 Å². The fourth-order valence-corrected chi connectivity index (χ4v) is 4.47. The number of carbonyl (C=O) groups is 1. The summed E-state index contributed by atoms with van der Waals surface area (Å²) in [6.07, 6.45) is 0.210. The van der Waals surface area contributed by atoms with Gasteiger partial charge in [-0.05, 0) is 41.0 Å². The predicted octanol–water partition coefficient (Wildman–Crippen LogP) is 2.99. The smallest absolute Gasteiger partial charge is 0.263 e. The van der Waals surface area contributed by atoms with E-state index < -0.39 is 16.1 Å². The summed E-state index contributed by atoms with van der Waals surface area (Å²) in [5, 5.41) is 5.06. The van der Waals surface area contributed by atoms with E-state index in [4.69, 9.17) is 4.74 Å². The zero-order chi connectivity index (χ0) is 20.6. The van der Waals surface area contributed by atoms with Crippen LogP contribution in [-0.2, 0) is 21.4 Å². The molecule has 1 N–H and O–H groups in total. The maximum atomic E-state index is 12.8. The van der Waals surface area contributed by atoms with E-state index in [1.54, 1.807) is 12.1 Å². The molecule has 0 radical (unpaired) electrons. The first-order chi connectivity index (χ1) is 13.8. The van der Waals surface area contributed by atoms with Crippen LogP contribution in [-0.4, -0.2) is 33.2 Å². The van der Waals surface area contributed by atoms with Gasteiger partial charge in [-0.3, -0.25) is 9.10 Å². The van der Waals surface area contributed by atoms with E-state index in [0.29, 0.717) is 18.0 Å². The summed E-state index contributed by atoms with van der Waals surface area (Å²) in [6, 6.07) is 19.2. The Bertz CT molecular complexity index is 1190. The average molecular weight is 410 g/mol. The minimum absolute atomic E-state index is 0.0593. The number of hydrogen-bond donors (Lipinski definition) is 1. The van der Waals surface area contributed by atoms with Crippen LogP contribution >= 0.6 is 0 Å². The van der Waals surface area contributed by atoms with Crippen LogP contribution < -0.4 is 14.4 Å². The number of carbonyl (C=O) groups excluding carboxylic acids is 1. The van der Waals surface area contributed by atoms with Crippen molar-refractivity contribution in [2.75, 3.05) is 17.1 Å². The summed E-state index contributed by atoms with van der Waals surface area (Å²) in [4.78, 5) is 12.8. The molecular formula is C22H22N2O4S. The Hall–Kier alpha value is -3.06. The molecule has 1 unspecified atom stereocenters. The van der Waals surface area contributed by atoms with Crippen molar-refractivity contribution in [2.24, 2.45) is 0 Å². The minimum atomic E-state index is -3.54. The number of hydrogen-bond acceptors (Lipinski definition) is 4. The molecule has 0 aromatic heterocycles. The van der Waals surface area contributed by atoms with Gasteiger partial charge in [-0.25, -0.2) is 8.42 Å². The highest BCUT2D eigenvalue weighted by molar-refractivity contribution is 7.92. The number of anilines is 1. The molecule has 0 fully saturated rings. The summed E-state index contributed by atoms with van der Waals surface area (Å²) in [5.41, 5.74) is 2.37. The Morgan fingerprint density at radius 1 is 1.14 bits per heavy atom. The molecule has 0 saturated heterocycles. The molecule has 1 atom stereocenters. The number of rotatable bonds is 4. The van der Waals surface area contributed by atoms with Gasteiger partial charge in [0.15, 0.2) is 6.10 Å². The van der Waals surface area contributed by atoms with Crippen molar-refractivity contribution in [3.63, 3.8) is 0 Å². The lowest BCUT2D eigenvalue weighted by Gasteiger charge is -2.34. The van der Waals surface area contributed by atoms with Gasteiger partial charge in [-0.2, -0.15) is 0 Å². The van der Waals surface area contributed by atoms with Crippen molar-refractivity contribution in [3.8, 4) is 5.75 Å². The normalized spacial score (nSPS) is 16.2. The van der Waals surface area contributed by atoms with E-state index in [2.05, 4.69) is 5.32 Å². The van der Waals surface area contributed by atoms with Gasteiger partial charge in [0.2, 0.25) is 10.0 Å². The number of fused-ring (bicyclic) bond motifs is 2. The van der Waals surface area contributed by atoms with Crippen molar-refractivity contribution >= 4 is 32.4 Å². The van der Waals surface area contributed by atoms with Gasteiger partial charge in [-0.1, -0.05) is 48.5 Å². The molecule has 29 heavy (non-hydrogen) atoms. The van der Waals surface area contributed by atoms with Crippen LogP contribution in [0.3, 0.4) is 0 Å². The van der Waals surface area contributed by atoms with Crippen LogP contribution in [0.5, 0.6) is 5.75 Å². The fraction of sp³-hybridized carbons (Fsp3) is 0.227. The van der Waals surface area contributed by atoms with Crippen molar-refractivity contribution in [1.82, 2.24) is 5.32 Å². The lowest BCUT2D eigenvalue weighted by Crippen LogP contribution is -2.50. The van der Waals surface area contributed by atoms with E-state index in [-0.39, 0.29) is 12.5 Å². The molecule has 7 heteroatoms. The summed E-state index contributed by atoms with van der Waals surface area (Å²) >= 11 is 0. The summed E-state index contributed by atoms with van der Waals surface area (Å²) in [5.74, 6) is 0.0470. The third-order valence-electron chi connectivity index (χ3n) is 5.01. The van der Waals surface area contributed by atoms with Crippen LogP contribution in [0.15, 0.2) is 60.7 Å². The second-order valence-corrected chi connectivity index (χ2v) is 9.13. The van der Waals surface area contributed by atoms with Gasteiger partial charge in [0, 0.05) is 6.54 Å². The summed E-state index contributed by atoms with van der Waals surface area (Å²) in [7, 11) is -3.54. The van der Waals surface area contributed by atoms with Crippen LogP contribution in [0.1, 0.15) is 11.1 Å². The monoisotopic (exact) mass is 410 g/mol. The molecule has 0 saturated carbocycles. The SMILES string of the molecule is Cc1ccc2c(c1)OC(C(=O)NCc1cccc3ccccc13)CN2S(C)(=O)=O. The topological polar surface area (TPSA) is 75.7 Å². The Morgan fingerprint density at radius 2 is 1.90 bits per heavy atom. The molecule has 1 amide bonds. The van der Waals surface area contributed by atoms with Crippen molar-refractivity contribution in [3.05, 3.63) is 71.8 Å². The van der Waals surface area contributed by atoms with E-state index in [9.17, 15) is 13.2 Å². The van der Waals surface area contributed by atoms with Crippen molar-refractivity contribution in [2.45, 2.75) is 19.6 Å². The zero-order valence-electron chi connectivity index (χ0n) is 16.3. The number of nitrogens with zero attached hydrogens (tertiary/aromatic N) is 1. The van der Waals surface area contributed by atoms with Gasteiger partial charge < -0.3 is 10.1 Å². The molecule has 1 aliphatic heterocycles. The highest BCUT2D eigenvalue weighted by Crippen LogP contribution is 2.35. The molecule has 0 aliphatic carbocycles. The van der Waals surface area contributed by atoms with E-state index in [0.717, 1.165) is 28.2 Å². The number of amides is 1. The molecule has 6 nitrogen and oxygen atoms in total. The maximum absolute atomic E-state index is 12.8. The van der Waals surface area contributed by atoms with Gasteiger partial charge in [-0.15, -0.1) is 0 Å². The molecule has 3 aromatic rings. The fourth-order valence-electron chi connectivity index (χ4n) is 3.55. The molecule has 4 rings (SSSR count). The van der Waals surface area contributed by atoms with E-state index in [1.807, 2.05) is 55.5 Å². The van der Waals surface area contributed by atoms with Crippen molar-refractivity contribution in [1.29, 1.82) is 0 Å². The lowest BCUT2D eigenvalue weighted by molar-refractivity contribution is -0.127. The molecule has 1 heterocycles. The Morgan fingerprint density at radius 3 is 2.69 bits per heavy atom. The summed E-state index contributed by atoms with van der Waals surface area (Å²) < 4.78 is 31.6. The lowest BCUT2D eigenvalue weighted by atomic mass is 10.0. The van der Waals surface area contributed by atoms with Crippen LogP contribution in [0.4, 0.5) is 5.69 Å². The highest BCUT2D eigenvalue weighted by atomic mass is 32.2. The Kier molecular flexibility index (Phi) is 4.92. The average Bonchev–Trinajstić information content (AvgIpc) is 2.70. The first-order valence-electron chi connectivity index (χ1n) is 9.32. The van der Waals surface area contributed by atoms with Crippen LogP contribution in [0.2, 0.25) is 0 Å².